The molecule has 2 atom stereocenters. The van der Waals surface area contributed by atoms with Gasteiger partial charge in [-0.15, -0.1) is 11.3 Å². The predicted molar refractivity (Wildman–Crippen MR) is 137 cm³/mol. The summed E-state index contributed by atoms with van der Waals surface area (Å²) in [6, 6.07) is 19.7. The van der Waals surface area contributed by atoms with Crippen molar-refractivity contribution in [1.82, 2.24) is 9.80 Å². The van der Waals surface area contributed by atoms with Gasteiger partial charge in [0.25, 0.3) is 0 Å². The fraction of sp³-hybridized carbons (Fsp3) is 0.393. The maximum Gasteiger partial charge on any atom is 0.237 e. The van der Waals surface area contributed by atoms with E-state index in [2.05, 4.69) is 23.3 Å². The fourth-order valence-corrected chi connectivity index (χ4v) is 5.54. The third kappa shape index (κ3) is 6.06. The molecule has 0 fully saturated rings. The van der Waals surface area contributed by atoms with E-state index in [1.54, 1.807) is 11.3 Å². The van der Waals surface area contributed by atoms with Gasteiger partial charge in [-0.25, -0.2) is 0 Å². The highest BCUT2D eigenvalue weighted by atomic mass is 32.1. The molecular weight excluding hydrogens is 444 g/mol. The van der Waals surface area contributed by atoms with Crippen LogP contribution in [0.5, 0.6) is 5.75 Å². The molecule has 3 aromatic rings. The molecule has 0 saturated carbocycles. The summed E-state index contributed by atoms with van der Waals surface area (Å²) >= 11 is 1.76. The number of aryl methyl sites for hydroxylation is 1. The quantitative estimate of drug-likeness (QED) is 0.445. The standard InChI is InChI=1S/C28H34N2O3S/c1-3-14-29(18-26(31)22-9-5-4-6-10-22)19-28(32)30-15-12-27-24(13-16-34-27)25(30)20-33-23-11-7-8-21(2)17-23/h4-11,13,16-17,25-26,31H,3,12,14-15,18-20H2,1-2H3. The van der Waals surface area contributed by atoms with E-state index in [1.165, 1.54) is 10.4 Å². The number of aliphatic hydroxyl groups excluding tert-OH is 1. The average Bonchev–Trinajstić information content (AvgIpc) is 3.32. The third-order valence-electron chi connectivity index (χ3n) is 6.33. The zero-order chi connectivity index (χ0) is 23.9. The molecule has 0 aliphatic carbocycles. The van der Waals surface area contributed by atoms with E-state index in [1.807, 2.05) is 66.4 Å². The van der Waals surface area contributed by atoms with E-state index < -0.39 is 6.10 Å². The van der Waals surface area contributed by atoms with Crippen LogP contribution in [-0.2, 0) is 11.2 Å². The van der Waals surface area contributed by atoms with Gasteiger partial charge >= 0.3 is 0 Å². The zero-order valence-electron chi connectivity index (χ0n) is 20.0. The molecule has 0 bridgehead atoms. The minimum Gasteiger partial charge on any atom is -0.491 e. The first-order chi connectivity index (χ1) is 16.5. The summed E-state index contributed by atoms with van der Waals surface area (Å²) in [6.07, 6.45) is 1.18. The number of thiophene rings is 1. The Hall–Kier alpha value is -2.67. The summed E-state index contributed by atoms with van der Waals surface area (Å²) in [6.45, 7) is 6.76. The largest absolute Gasteiger partial charge is 0.491 e. The van der Waals surface area contributed by atoms with E-state index in [9.17, 15) is 9.90 Å². The molecule has 2 unspecified atom stereocenters. The van der Waals surface area contributed by atoms with Gasteiger partial charge in [0.05, 0.1) is 18.7 Å². The van der Waals surface area contributed by atoms with Crippen molar-refractivity contribution in [3.63, 3.8) is 0 Å². The predicted octanol–water partition coefficient (Wildman–Crippen LogP) is 5.01. The van der Waals surface area contributed by atoms with E-state index in [0.29, 0.717) is 19.7 Å². The molecule has 2 heterocycles. The molecule has 6 heteroatoms. The number of nitrogens with zero attached hydrogens (tertiary/aromatic N) is 2. The van der Waals surface area contributed by atoms with Gasteiger partial charge in [0.15, 0.2) is 0 Å². The Morgan fingerprint density at radius 2 is 2.03 bits per heavy atom. The van der Waals surface area contributed by atoms with Crippen molar-refractivity contribution < 1.29 is 14.6 Å². The van der Waals surface area contributed by atoms with Crippen LogP contribution >= 0.6 is 11.3 Å². The lowest BCUT2D eigenvalue weighted by molar-refractivity contribution is -0.136. The van der Waals surface area contributed by atoms with Gasteiger partial charge in [0.2, 0.25) is 5.91 Å². The highest BCUT2D eigenvalue weighted by Crippen LogP contribution is 2.34. The molecule has 2 aromatic carbocycles. The fourth-order valence-electron chi connectivity index (χ4n) is 4.61. The van der Waals surface area contributed by atoms with Crippen molar-refractivity contribution in [3.05, 3.63) is 87.6 Å². The van der Waals surface area contributed by atoms with Crippen LogP contribution in [0.15, 0.2) is 66.0 Å². The third-order valence-corrected chi connectivity index (χ3v) is 7.32. The maximum absolute atomic E-state index is 13.6. The second-order valence-corrected chi connectivity index (χ2v) is 9.94. The second-order valence-electron chi connectivity index (χ2n) is 8.94. The number of ether oxygens (including phenoxy) is 1. The number of fused-ring (bicyclic) bond motifs is 1. The van der Waals surface area contributed by atoms with Crippen LogP contribution < -0.4 is 4.74 Å². The van der Waals surface area contributed by atoms with Gasteiger partial charge < -0.3 is 14.7 Å². The Bertz CT molecular complexity index is 1070. The van der Waals surface area contributed by atoms with Crippen LogP contribution in [0.1, 0.15) is 47.1 Å². The summed E-state index contributed by atoms with van der Waals surface area (Å²) in [7, 11) is 0. The number of amides is 1. The van der Waals surface area contributed by atoms with Crippen LogP contribution in [0.3, 0.4) is 0 Å². The molecule has 0 radical (unpaired) electrons. The van der Waals surface area contributed by atoms with Crippen LogP contribution in [0.4, 0.5) is 0 Å². The second kappa shape index (κ2) is 11.6. The molecule has 0 spiro atoms. The molecule has 4 rings (SSSR count). The first kappa shape index (κ1) is 24.5. The smallest absolute Gasteiger partial charge is 0.237 e. The Morgan fingerprint density at radius 3 is 2.79 bits per heavy atom. The number of hydrogen-bond donors (Lipinski definition) is 1. The van der Waals surface area contributed by atoms with Crippen molar-refractivity contribution >= 4 is 17.2 Å². The lowest BCUT2D eigenvalue weighted by atomic mass is 10.00. The van der Waals surface area contributed by atoms with E-state index in [-0.39, 0.29) is 18.5 Å². The molecule has 1 N–H and O–H groups in total. The number of benzene rings is 2. The molecule has 34 heavy (non-hydrogen) atoms. The molecule has 1 aromatic heterocycles. The monoisotopic (exact) mass is 478 g/mol. The van der Waals surface area contributed by atoms with Gasteiger partial charge in [0, 0.05) is 18.0 Å². The van der Waals surface area contributed by atoms with Crippen LogP contribution in [0.25, 0.3) is 0 Å². The van der Waals surface area contributed by atoms with Gasteiger partial charge in [-0.1, -0.05) is 49.4 Å². The van der Waals surface area contributed by atoms with Crippen LogP contribution in [-0.4, -0.2) is 53.6 Å². The van der Waals surface area contributed by atoms with Gasteiger partial charge in [-0.3, -0.25) is 9.69 Å². The highest BCUT2D eigenvalue weighted by Gasteiger charge is 2.33. The molecule has 1 aliphatic rings. The highest BCUT2D eigenvalue weighted by molar-refractivity contribution is 7.10. The summed E-state index contributed by atoms with van der Waals surface area (Å²) < 4.78 is 6.16. The zero-order valence-corrected chi connectivity index (χ0v) is 20.8. The minimum absolute atomic E-state index is 0.0865. The SMILES string of the molecule is CCCN(CC(=O)N1CCc2sccc2C1COc1cccc(C)c1)CC(O)c1ccccc1. The summed E-state index contributed by atoms with van der Waals surface area (Å²) in [4.78, 5) is 18.9. The van der Waals surface area contributed by atoms with Crippen LogP contribution in [0, 0.1) is 6.92 Å². The molecule has 1 aliphatic heterocycles. The molecule has 5 nitrogen and oxygen atoms in total. The first-order valence-electron chi connectivity index (χ1n) is 12.1. The first-order valence-corrected chi connectivity index (χ1v) is 12.9. The van der Waals surface area contributed by atoms with Gasteiger partial charge in [0.1, 0.15) is 12.4 Å². The Balaban J connectivity index is 1.46. The van der Waals surface area contributed by atoms with Crippen molar-refractivity contribution in [1.29, 1.82) is 0 Å². The normalized spacial score (nSPS) is 16.4. The molecule has 180 valence electrons. The van der Waals surface area contributed by atoms with E-state index >= 15 is 0 Å². The van der Waals surface area contributed by atoms with Crippen molar-refractivity contribution in [2.75, 3.05) is 32.8 Å². The van der Waals surface area contributed by atoms with Gasteiger partial charge in [-0.05, 0) is 66.6 Å². The van der Waals surface area contributed by atoms with Gasteiger partial charge in [-0.2, -0.15) is 0 Å². The topological polar surface area (TPSA) is 53.0 Å². The Labute approximate surface area is 206 Å². The number of aliphatic hydroxyl groups is 1. The molecular formula is C28H34N2O3S. The molecule has 1 amide bonds. The number of carbonyl (C=O) groups excluding carboxylic acids is 1. The average molecular weight is 479 g/mol. The Kier molecular flexibility index (Phi) is 8.38. The number of carbonyl (C=O) groups is 1. The Morgan fingerprint density at radius 1 is 1.21 bits per heavy atom. The molecule has 0 saturated heterocycles. The van der Waals surface area contributed by atoms with Crippen molar-refractivity contribution in [3.8, 4) is 5.75 Å². The van der Waals surface area contributed by atoms with Crippen molar-refractivity contribution in [2.45, 2.75) is 38.8 Å². The van der Waals surface area contributed by atoms with Crippen LogP contribution in [0.2, 0.25) is 0 Å². The lowest BCUT2D eigenvalue weighted by Gasteiger charge is -2.37. The summed E-state index contributed by atoms with van der Waals surface area (Å²) in [5.74, 6) is 0.914. The summed E-state index contributed by atoms with van der Waals surface area (Å²) in [5.41, 5.74) is 3.22. The van der Waals surface area contributed by atoms with E-state index in [4.69, 9.17) is 4.74 Å². The van der Waals surface area contributed by atoms with E-state index in [0.717, 1.165) is 36.3 Å². The lowest BCUT2D eigenvalue weighted by Crippen LogP contribution is -2.47. The number of hydrogen-bond acceptors (Lipinski definition) is 5. The van der Waals surface area contributed by atoms with Crippen molar-refractivity contribution in [2.24, 2.45) is 0 Å². The summed E-state index contributed by atoms with van der Waals surface area (Å²) in [5, 5.41) is 12.9. The minimum atomic E-state index is -0.620. The maximum atomic E-state index is 13.6. The number of rotatable bonds is 10.